The Morgan fingerprint density at radius 1 is 1.08 bits per heavy atom. The van der Waals surface area contributed by atoms with Gasteiger partial charge in [-0.25, -0.2) is 13.1 Å². The summed E-state index contributed by atoms with van der Waals surface area (Å²) in [5.41, 5.74) is -0.00587. The third kappa shape index (κ3) is 3.19. The first-order valence-corrected chi connectivity index (χ1v) is 11.3. The average molecular weight is 391 g/mol. The Kier molecular flexibility index (Phi) is 4.62. The molecule has 1 aliphatic heterocycles. The summed E-state index contributed by atoms with van der Waals surface area (Å²) in [5, 5.41) is 1.92. The molecule has 5 nitrogen and oxygen atoms in total. The number of amides is 1. The highest BCUT2D eigenvalue weighted by molar-refractivity contribution is 7.89. The molecule has 0 bridgehead atoms. The highest BCUT2D eigenvalue weighted by Crippen LogP contribution is 2.49. The molecule has 2 heterocycles. The molecule has 7 heteroatoms. The van der Waals surface area contributed by atoms with Gasteiger partial charge >= 0.3 is 0 Å². The second-order valence-electron chi connectivity index (χ2n) is 7.16. The fourth-order valence-corrected chi connectivity index (χ4v) is 6.13. The second-order valence-corrected chi connectivity index (χ2v) is 9.82. The molecule has 2 aliphatic rings. The fourth-order valence-electron chi connectivity index (χ4n) is 4.05. The van der Waals surface area contributed by atoms with Gasteiger partial charge in [0, 0.05) is 19.1 Å². The third-order valence-electron chi connectivity index (χ3n) is 5.80. The number of benzene rings is 1. The Bertz CT molecular complexity index is 871. The molecule has 1 aliphatic carbocycles. The first-order valence-electron chi connectivity index (χ1n) is 8.90. The lowest BCUT2D eigenvalue weighted by molar-refractivity contribution is 0.00527. The molecule has 1 spiro atoms. The summed E-state index contributed by atoms with van der Waals surface area (Å²) in [4.78, 5) is 15.5. The van der Waals surface area contributed by atoms with Crippen molar-refractivity contribution in [2.75, 3.05) is 13.1 Å². The molecule has 1 atom stereocenters. The average Bonchev–Trinajstić information content (AvgIpc) is 3.20. The second kappa shape index (κ2) is 6.79. The SMILES string of the molecule is O=C(c1cccs1)N1CCC2(CC[C@@H]2NS(=O)(=O)c2ccccc2)CC1. The van der Waals surface area contributed by atoms with Crippen molar-refractivity contribution in [3.8, 4) is 0 Å². The van der Waals surface area contributed by atoms with Crippen LogP contribution < -0.4 is 4.72 Å². The summed E-state index contributed by atoms with van der Waals surface area (Å²) >= 11 is 1.47. The molecule has 1 N–H and O–H groups in total. The number of hydrogen-bond donors (Lipinski definition) is 1. The van der Waals surface area contributed by atoms with Crippen molar-refractivity contribution in [2.24, 2.45) is 5.41 Å². The lowest BCUT2D eigenvalue weighted by atomic mass is 9.59. The van der Waals surface area contributed by atoms with Gasteiger partial charge in [0.2, 0.25) is 10.0 Å². The summed E-state index contributed by atoms with van der Waals surface area (Å²) in [5.74, 6) is 0.0931. The molecule has 1 amide bonds. The van der Waals surface area contributed by atoms with Crippen molar-refractivity contribution in [2.45, 2.75) is 36.6 Å². The maximum Gasteiger partial charge on any atom is 0.263 e. The largest absolute Gasteiger partial charge is 0.338 e. The number of carbonyl (C=O) groups is 1. The number of rotatable bonds is 4. The summed E-state index contributed by atoms with van der Waals surface area (Å²) in [6.45, 7) is 1.39. The predicted molar refractivity (Wildman–Crippen MR) is 102 cm³/mol. The van der Waals surface area contributed by atoms with Gasteiger partial charge < -0.3 is 4.90 Å². The molecule has 138 valence electrons. The number of likely N-dealkylation sites (tertiary alicyclic amines) is 1. The van der Waals surface area contributed by atoms with Crippen LogP contribution >= 0.6 is 11.3 Å². The topological polar surface area (TPSA) is 66.5 Å². The van der Waals surface area contributed by atoms with Crippen LogP contribution in [0.15, 0.2) is 52.7 Å². The van der Waals surface area contributed by atoms with E-state index in [1.165, 1.54) is 11.3 Å². The van der Waals surface area contributed by atoms with Crippen LogP contribution in [0, 0.1) is 5.41 Å². The molecule has 1 saturated carbocycles. The lowest BCUT2D eigenvalue weighted by Gasteiger charge is -2.53. The molecule has 0 radical (unpaired) electrons. The van der Waals surface area contributed by atoms with E-state index >= 15 is 0 Å². The van der Waals surface area contributed by atoms with E-state index < -0.39 is 10.0 Å². The monoisotopic (exact) mass is 390 g/mol. The van der Waals surface area contributed by atoms with Gasteiger partial charge in [0.1, 0.15) is 0 Å². The van der Waals surface area contributed by atoms with E-state index in [-0.39, 0.29) is 17.4 Å². The van der Waals surface area contributed by atoms with Crippen molar-refractivity contribution in [3.05, 3.63) is 52.7 Å². The Balaban J connectivity index is 1.41. The minimum atomic E-state index is -3.49. The molecule has 2 aromatic rings. The zero-order valence-corrected chi connectivity index (χ0v) is 16.1. The number of nitrogens with one attached hydrogen (secondary N) is 1. The minimum Gasteiger partial charge on any atom is -0.338 e. The first kappa shape index (κ1) is 17.7. The Morgan fingerprint density at radius 2 is 1.81 bits per heavy atom. The van der Waals surface area contributed by atoms with Gasteiger partial charge in [0.15, 0.2) is 0 Å². The van der Waals surface area contributed by atoms with E-state index in [1.54, 1.807) is 24.3 Å². The summed E-state index contributed by atoms with van der Waals surface area (Å²) < 4.78 is 28.1. The maximum absolute atomic E-state index is 12.6. The number of piperidine rings is 1. The van der Waals surface area contributed by atoms with Crippen LogP contribution in [0.3, 0.4) is 0 Å². The quantitative estimate of drug-likeness (QED) is 0.872. The van der Waals surface area contributed by atoms with Crippen LogP contribution in [0.1, 0.15) is 35.4 Å². The van der Waals surface area contributed by atoms with Gasteiger partial charge in [-0.15, -0.1) is 11.3 Å². The third-order valence-corrected chi connectivity index (χ3v) is 8.14. The molecule has 2 fully saturated rings. The van der Waals surface area contributed by atoms with Crippen LogP contribution in [-0.4, -0.2) is 38.4 Å². The standard InChI is InChI=1S/C19H22N2O3S2/c22-18(16-7-4-14-25-16)21-12-10-19(11-13-21)9-8-17(19)20-26(23,24)15-5-2-1-3-6-15/h1-7,14,17,20H,8-13H2/t17-/m0/s1. The predicted octanol–water partition coefficient (Wildman–Crippen LogP) is 3.11. The van der Waals surface area contributed by atoms with Gasteiger partial charge in [-0.1, -0.05) is 24.3 Å². The van der Waals surface area contributed by atoms with Crippen LogP contribution in [0.4, 0.5) is 0 Å². The van der Waals surface area contributed by atoms with Gasteiger partial charge in [-0.3, -0.25) is 4.79 Å². The number of carbonyl (C=O) groups excluding carboxylic acids is 1. The molecule has 1 aromatic heterocycles. The molecule has 1 saturated heterocycles. The van der Waals surface area contributed by atoms with E-state index in [2.05, 4.69) is 4.72 Å². The van der Waals surface area contributed by atoms with Gasteiger partial charge in [-0.05, 0) is 54.7 Å². The van der Waals surface area contributed by atoms with Gasteiger partial charge in [-0.2, -0.15) is 0 Å². The van der Waals surface area contributed by atoms with Crippen molar-refractivity contribution < 1.29 is 13.2 Å². The maximum atomic E-state index is 12.6. The highest BCUT2D eigenvalue weighted by Gasteiger charge is 2.50. The number of hydrogen-bond acceptors (Lipinski definition) is 4. The minimum absolute atomic E-state index is 0.00587. The van der Waals surface area contributed by atoms with E-state index in [4.69, 9.17) is 0 Å². The van der Waals surface area contributed by atoms with E-state index in [9.17, 15) is 13.2 Å². The normalized spacial score (nSPS) is 22.2. The van der Waals surface area contributed by atoms with Crippen molar-refractivity contribution in [3.63, 3.8) is 0 Å². The smallest absolute Gasteiger partial charge is 0.263 e. The van der Waals surface area contributed by atoms with Crippen molar-refractivity contribution in [1.29, 1.82) is 0 Å². The summed E-state index contributed by atoms with van der Waals surface area (Å²) in [7, 11) is -3.49. The number of nitrogens with zero attached hydrogens (tertiary/aromatic N) is 1. The van der Waals surface area contributed by atoms with Crippen LogP contribution in [-0.2, 0) is 10.0 Å². The lowest BCUT2D eigenvalue weighted by Crippen LogP contribution is -2.59. The molecular weight excluding hydrogens is 368 g/mol. The van der Waals surface area contributed by atoms with E-state index in [1.807, 2.05) is 28.5 Å². The Hall–Kier alpha value is -1.70. The molecular formula is C19H22N2O3S2. The Morgan fingerprint density at radius 3 is 2.38 bits per heavy atom. The Labute approximate surface area is 158 Å². The number of sulfonamides is 1. The van der Waals surface area contributed by atoms with Crippen molar-refractivity contribution >= 4 is 27.3 Å². The zero-order valence-electron chi connectivity index (χ0n) is 14.4. The van der Waals surface area contributed by atoms with Crippen molar-refractivity contribution in [1.82, 2.24) is 9.62 Å². The fraction of sp³-hybridized carbons (Fsp3) is 0.421. The first-order chi connectivity index (χ1) is 12.5. The molecule has 1 aromatic carbocycles. The zero-order chi connectivity index (χ0) is 18.2. The van der Waals surface area contributed by atoms with E-state index in [0.717, 1.165) is 30.6 Å². The molecule has 0 unspecified atom stereocenters. The summed E-state index contributed by atoms with van der Waals surface area (Å²) in [6, 6.07) is 12.2. The highest BCUT2D eigenvalue weighted by atomic mass is 32.2. The van der Waals surface area contributed by atoms with Crippen LogP contribution in [0.2, 0.25) is 0 Å². The van der Waals surface area contributed by atoms with E-state index in [0.29, 0.717) is 18.0 Å². The number of thiophene rings is 1. The van der Waals surface area contributed by atoms with Gasteiger partial charge in [0.25, 0.3) is 5.91 Å². The van der Waals surface area contributed by atoms with Crippen LogP contribution in [0.5, 0.6) is 0 Å². The summed E-state index contributed by atoms with van der Waals surface area (Å²) in [6.07, 6.45) is 3.60. The van der Waals surface area contributed by atoms with Gasteiger partial charge in [0.05, 0.1) is 9.77 Å². The molecule has 26 heavy (non-hydrogen) atoms. The van der Waals surface area contributed by atoms with Crippen LogP contribution in [0.25, 0.3) is 0 Å². The molecule has 4 rings (SSSR count).